The van der Waals surface area contributed by atoms with E-state index < -0.39 is 0 Å². The first-order valence-electron chi connectivity index (χ1n) is 15.2. The third kappa shape index (κ3) is 4.61. The Morgan fingerprint density at radius 1 is 1.16 bits per heavy atom. The van der Waals surface area contributed by atoms with E-state index in [0.717, 1.165) is 66.7 Å². The van der Waals surface area contributed by atoms with E-state index in [0.29, 0.717) is 23.4 Å². The zero-order valence-electron chi connectivity index (χ0n) is 24.2. The van der Waals surface area contributed by atoms with Crippen molar-refractivity contribution in [2.24, 2.45) is 0 Å². The number of phenolic OH excluding ortho intramolecular Hbond substituents is 1. The standard InChI is InChI=1S/C32H35N7O3S/c1-43-26-6-2-5-19-13-23(40)14-25(27(19)26)39-30(41)29-24(17-34-39)28(20-11-21-15-33-16-22(12-20)35-21)36-31(37-29)42-18-32-7-3-9-38(32)10-4-8-32/h2,5-6,11,13-14,17,21-22,33,35,40H,3-4,7-10,12,15-16,18H2,1H3. The van der Waals surface area contributed by atoms with Crippen LogP contribution in [0.1, 0.15) is 37.8 Å². The Bertz CT molecular complexity index is 1830. The number of aromatic nitrogens is 4. The molecule has 43 heavy (non-hydrogen) atoms. The number of rotatable bonds is 6. The second-order valence-corrected chi connectivity index (χ2v) is 13.1. The molecule has 4 aromatic rings. The predicted molar refractivity (Wildman–Crippen MR) is 168 cm³/mol. The number of ether oxygens (including phenoxy) is 1. The minimum Gasteiger partial charge on any atom is -0.508 e. The van der Waals surface area contributed by atoms with Crippen LogP contribution in [-0.4, -0.2) is 86.4 Å². The summed E-state index contributed by atoms with van der Waals surface area (Å²) < 4.78 is 7.78. The van der Waals surface area contributed by atoms with Crippen molar-refractivity contribution >= 4 is 39.0 Å². The van der Waals surface area contributed by atoms with Crippen LogP contribution < -0.4 is 20.9 Å². The molecule has 2 aromatic carbocycles. The van der Waals surface area contributed by atoms with Gasteiger partial charge in [-0.1, -0.05) is 18.2 Å². The van der Waals surface area contributed by atoms with Crippen LogP contribution >= 0.6 is 11.8 Å². The molecule has 0 amide bonds. The second-order valence-electron chi connectivity index (χ2n) is 12.2. The number of hydrogen-bond acceptors (Lipinski definition) is 10. The van der Waals surface area contributed by atoms with Crippen LogP contribution in [0.5, 0.6) is 11.8 Å². The Morgan fingerprint density at radius 2 is 2.02 bits per heavy atom. The fraction of sp³-hybridized carbons (Fsp3) is 0.438. The molecule has 2 bridgehead atoms. The van der Waals surface area contributed by atoms with Crippen LogP contribution in [0.25, 0.3) is 32.9 Å². The predicted octanol–water partition coefficient (Wildman–Crippen LogP) is 3.48. The molecule has 8 rings (SSSR count). The van der Waals surface area contributed by atoms with Gasteiger partial charge in [0.15, 0.2) is 0 Å². The molecule has 0 saturated carbocycles. The van der Waals surface area contributed by atoms with Gasteiger partial charge in [-0.25, -0.2) is 0 Å². The summed E-state index contributed by atoms with van der Waals surface area (Å²) in [5.41, 5.74) is 2.24. The topological polar surface area (TPSA) is 117 Å². The highest BCUT2D eigenvalue weighted by Crippen LogP contribution is 2.39. The molecule has 3 N–H and O–H groups in total. The van der Waals surface area contributed by atoms with Gasteiger partial charge in [-0.2, -0.15) is 19.7 Å². The summed E-state index contributed by atoms with van der Waals surface area (Å²) in [7, 11) is 0. The average Bonchev–Trinajstić information content (AvgIpc) is 3.60. The molecule has 4 aliphatic heterocycles. The van der Waals surface area contributed by atoms with Gasteiger partial charge in [0.2, 0.25) is 0 Å². The lowest BCUT2D eigenvalue weighted by Gasteiger charge is -2.35. The van der Waals surface area contributed by atoms with Gasteiger partial charge in [0.1, 0.15) is 17.9 Å². The maximum absolute atomic E-state index is 14.3. The number of fused-ring (bicyclic) bond motifs is 5. The van der Waals surface area contributed by atoms with Crippen LogP contribution in [0.15, 0.2) is 52.3 Å². The van der Waals surface area contributed by atoms with Crippen molar-refractivity contribution in [3.05, 3.63) is 58.7 Å². The number of aromatic hydroxyl groups is 1. The first kappa shape index (κ1) is 27.1. The highest BCUT2D eigenvalue weighted by Gasteiger charge is 2.45. The van der Waals surface area contributed by atoms with E-state index in [1.54, 1.807) is 30.1 Å². The Kier molecular flexibility index (Phi) is 6.66. The van der Waals surface area contributed by atoms with Crippen molar-refractivity contribution in [1.29, 1.82) is 0 Å². The van der Waals surface area contributed by atoms with Gasteiger partial charge < -0.3 is 20.5 Å². The zero-order chi connectivity index (χ0) is 29.1. The first-order valence-corrected chi connectivity index (χ1v) is 16.4. The summed E-state index contributed by atoms with van der Waals surface area (Å²) >= 11 is 1.59. The lowest BCUT2D eigenvalue weighted by atomic mass is 9.92. The molecule has 3 saturated heterocycles. The molecule has 222 valence electrons. The number of nitrogens with one attached hydrogen (secondary N) is 2. The first-order chi connectivity index (χ1) is 21.0. The lowest BCUT2D eigenvalue weighted by molar-refractivity contribution is 0.107. The van der Waals surface area contributed by atoms with Crippen LogP contribution in [0.4, 0.5) is 0 Å². The molecule has 6 heterocycles. The highest BCUT2D eigenvalue weighted by atomic mass is 32.2. The third-order valence-corrected chi connectivity index (χ3v) is 10.4. The number of nitrogens with zero attached hydrogens (tertiary/aromatic N) is 5. The van der Waals surface area contributed by atoms with Gasteiger partial charge in [-0.05, 0) is 74.5 Å². The lowest BCUT2D eigenvalue weighted by Crippen LogP contribution is -2.56. The minimum atomic E-state index is -0.369. The Balaban J connectivity index is 1.29. The molecule has 4 aliphatic rings. The molecule has 2 atom stereocenters. The van der Waals surface area contributed by atoms with Crippen molar-refractivity contribution in [3.63, 3.8) is 0 Å². The Morgan fingerprint density at radius 3 is 2.84 bits per heavy atom. The number of benzene rings is 2. The fourth-order valence-corrected chi connectivity index (χ4v) is 8.30. The SMILES string of the molecule is CSc1cccc2cc(O)cc(-n3ncc4c(C5=CC6CNCC(C5)N6)nc(OCC56CCCN5CCC6)nc4c3=O)c12. The zero-order valence-corrected chi connectivity index (χ0v) is 25.0. The molecular weight excluding hydrogens is 562 g/mol. The van der Waals surface area contributed by atoms with Crippen LogP contribution in [0.3, 0.4) is 0 Å². The monoisotopic (exact) mass is 597 g/mol. The maximum Gasteiger partial charge on any atom is 0.317 e. The second kappa shape index (κ2) is 10.6. The molecule has 0 radical (unpaired) electrons. The molecule has 3 fully saturated rings. The van der Waals surface area contributed by atoms with Crippen molar-refractivity contribution in [2.75, 3.05) is 39.0 Å². The average molecular weight is 598 g/mol. The number of phenols is 1. The Hall–Kier alpha value is -3.51. The van der Waals surface area contributed by atoms with Crippen molar-refractivity contribution in [3.8, 4) is 17.4 Å². The fourth-order valence-electron chi connectivity index (χ4n) is 7.66. The summed E-state index contributed by atoms with van der Waals surface area (Å²) in [4.78, 5) is 27.6. The van der Waals surface area contributed by atoms with Crippen LogP contribution in [0.2, 0.25) is 0 Å². The highest BCUT2D eigenvalue weighted by molar-refractivity contribution is 7.98. The van der Waals surface area contributed by atoms with E-state index in [1.807, 2.05) is 24.5 Å². The number of hydrogen-bond donors (Lipinski definition) is 3. The van der Waals surface area contributed by atoms with Gasteiger partial charge in [0, 0.05) is 41.5 Å². The van der Waals surface area contributed by atoms with Crippen molar-refractivity contribution in [2.45, 2.75) is 54.6 Å². The van der Waals surface area contributed by atoms with Crippen molar-refractivity contribution < 1.29 is 9.84 Å². The molecule has 0 aliphatic carbocycles. The van der Waals surface area contributed by atoms with Gasteiger partial charge in [0.25, 0.3) is 5.56 Å². The quantitative estimate of drug-likeness (QED) is 0.285. The molecule has 0 spiro atoms. The van der Waals surface area contributed by atoms with Gasteiger partial charge in [0.05, 0.1) is 28.5 Å². The summed E-state index contributed by atoms with van der Waals surface area (Å²) in [6.45, 7) is 4.46. The molecule has 2 unspecified atom stereocenters. The van der Waals surface area contributed by atoms with Crippen LogP contribution in [-0.2, 0) is 0 Å². The summed E-state index contributed by atoms with van der Waals surface area (Å²) in [5.74, 6) is 0.0684. The third-order valence-electron chi connectivity index (χ3n) is 9.63. The largest absolute Gasteiger partial charge is 0.508 e. The van der Waals surface area contributed by atoms with Crippen molar-refractivity contribution in [1.82, 2.24) is 35.3 Å². The molecule has 11 heteroatoms. The Labute approximate surface area is 253 Å². The van der Waals surface area contributed by atoms with E-state index in [1.165, 1.54) is 17.5 Å². The van der Waals surface area contributed by atoms with E-state index in [-0.39, 0.29) is 40.5 Å². The van der Waals surface area contributed by atoms with E-state index in [2.05, 4.69) is 26.7 Å². The van der Waals surface area contributed by atoms with E-state index in [4.69, 9.17) is 14.7 Å². The number of thioether (sulfide) groups is 1. The maximum atomic E-state index is 14.3. The normalized spacial score (nSPS) is 23.0. The summed E-state index contributed by atoms with van der Waals surface area (Å²) in [6.07, 6.45) is 11.3. The summed E-state index contributed by atoms with van der Waals surface area (Å²) in [5, 5.41) is 24.7. The minimum absolute atomic E-state index is 0.0301. The smallest absolute Gasteiger partial charge is 0.317 e. The number of piperazine rings is 1. The van der Waals surface area contributed by atoms with Gasteiger partial charge in [-0.3, -0.25) is 9.69 Å². The van der Waals surface area contributed by atoms with Gasteiger partial charge in [-0.15, -0.1) is 11.8 Å². The van der Waals surface area contributed by atoms with E-state index >= 15 is 0 Å². The van der Waals surface area contributed by atoms with Gasteiger partial charge >= 0.3 is 6.01 Å². The van der Waals surface area contributed by atoms with Crippen LogP contribution in [0, 0.1) is 0 Å². The summed E-state index contributed by atoms with van der Waals surface area (Å²) in [6, 6.07) is 9.91. The molecule has 2 aromatic heterocycles. The molecular formula is C32H35N7O3S. The van der Waals surface area contributed by atoms with E-state index in [9.17, 15) is 9.90 Å². The molecule has 10 nitrogen and oxygen atoms in total.